The van der Waals surface area contributed by atoms with E-state index in [1.54, 1.807) is 0 Å². The first-order chi connectivity index (χ1) is 8.15. The summed E-state index contributed by atoms with van der Waals surface area (Å²) in [7, 11) is 0. The molecule has 17 heavy (non-hydrogen) atoms. The van der Waals surface area contributed by atoms with E-state index < -0.39 is 0 Å². The summed E-state index contributed by atoms with van der Waals surface area (Å²) in [6, 6.07) is 4.13. The zero-order valence-electron chi connectivity index (χ0n) is 10.4. The van der Waals surface area contributed by atoms with Gasteiger partial charge < -0.3 is 10.1 Å². The van der Waals surface area contributed by atoms with Crippen molar-refractivity contribution < 1.29 is 4.74 Å². The van der Waals surface area contributed by atoms with Gasteiger partial charge in [0.2, 0.25) is 5.88 Å². The van der Waals surface area contributed by atoms with Crippen LogP contribution in [-0.2, 0) is 6.54 Å². The van der Waals surface area contributed by atoms with E-state index in [1.165, 1.54) is 6.42 Å². The first kappa shape index (κ1) is 12.7. The van der Waals surface area contributed by atoms with E-state index in [0.29, 0.717) is 29.6 Å². The van der Waals surface area contributed by atoms with E-state index in [2.05, 4.69) is 24.1 Å². The average molecular weight is 255 g/mol. The minimum atomic E-state index is 0.356. The lowest BCUT2D eigenvalue weighted by Gasteiger charge is -2.26. The van der Waals surface area contributed by atoms with Crippen molar-refractivity contribution >= 4 is 11.6 Å². The Balaban J connectivity index is 2.00. The minimum Gasteiger partial charge on any atom is -0.474 e. The Morgan fingerprint density at radius 3 is 2.82 bits per heavy atom. The molecule has 2 rings (SSSR count). The van der Waals surface area contributed by atoms with E-state index in [4.69, 9.17) is 16.3 Å². The van der Waals surface area contributed by atoms with Crippen molar-refractivity contribution in [3.63, 3.8) is 0 Å². The maximum atomic E-state index is 6.11. The van der Waals surface area contributed by atoms with Gasteiger partial charge in [-0.05, 0) is 25.3 Å². The predicted octanol–water partition coefficient (Wildman–Crippen LogP) is 3.16. The molecule has 1 aromatic heterocycles. The molecule has 1 aliphatic rings. The van der Waals surface area contributed by atoms with Gasteiger partial charge in [-0.1, -0.05) is 25.4 Å². The zero-order chi connectivity index (χ0) is 12.3. The van der Waals surface area contributed by atoms with Crippen LogP contribution in [0.4, 0.5) is 0 Å². The van der Waals surface area contributed by atoms with Gasteiger partial charge in [-0.2, -0.15) is 0 Å². The Labute approximate surface area is 108 Å². The molecule has 0 bridgehead atoms. The Kier molecular flexibility index (Phi) is 4.24. The van der Waals surface area contributed by atoms with Crippen molar-refractivity contribution in [2.75, 3.05) is 0 Å². The molecule has 1 saturated carbocycles. The third-order valence-corrected chi connectivity index (χ3v) is 3.25. The molecule has 94 valence electrons. The Bertz CT molecular complexity index is 378. The summed E-state index contributed by atoms with van der Waals surface area (Å²) in [4.78, 5) is 4.45. The van der Waals surface area contributed by atoms with Crippen LogP contribution in [0.1, 0.15) is 38.8 Å². The van der Waals surface area contributed by atoms with E-state index >= 15 is 0 Å². The molecule has 4 heteroatoms. The van der Waals surface area contributed by atoms with Gasteiger partial charge in [0.05, 0.1) is 10.7 Å². The maximum absolute atomic E-state index is 6.11. The molecule has 1 heterocycles. The SMILES string of the molecule is CC(C)NCc1nc(OC2CCC2)ccc1Cl. The van der Waals surface area contributed by atoms with E-state index in [-0.39, 0.29) is 0 Å². The van der Waals surface area contributed by atoms with Crippen LogP contribution in [0.15, 0.2) is 12.1 Å². The third-order valence-electron chi connectivity index (χ3n) is 2.91. The van der Waals surface area contributed by atoms with Gasteiger partial charge >= 0.3 is 0 Å². The van der Waals surface area contributed by atoms with Gasteiger partial charge in [0.15, 0.2) is 0 Å². The third kappa shape index (κ3) is 3.58. The molecule has 1 N–H and O–H groups in total. The highest BCUT2D eigenvalue weighted by Crippen LogP contribution is 2.25. The lowest BCUT2D eigenvalue weighted by atomic mass is 9.96. The lowest BCUT2D eigenvalue weighted by Crippen LogP contribution is -2.26. The summed E-state index contributed by atoms with van der Waals surface area (Å²) in [5, 5.41) is 4.00. The second-order valence-electron chi connectivity index (χ2n) is 4.78. The second-order valence-corrected chi connectivity index (χ2v) is 5.19. The smallest absolute Gasteiger partial charge is 0.213 e. The number of aromatic nitrogens is 1. The standard InChI is InChI=1S/C13H19ClN2O/c1-9(2)15-8-12-11(14)6-7-13(16-12)17-10-4-3-5-10/h6-7,9-10,15H,3-5,8H2,1-2H3. The lowest BCUT2D eigenvalue weighted by molar-refractivity contribution is 0.114. The minimum absolute atomic E-state index is 0.356. The number of nitrogens with zero attached hydrogens (tertiary/aromatic N) is 1. The molecule has 1 aliphatic carbocycles. The number of pyridine rings is 1. The zero-order valence-corrected chi connectivity index (χ0v) is 11.1. The van der Waals surface area contributed by atoms with Crippen molar-refractivity contribution in [1.82, 2.24) is 10.3 Å². The molecule has 1 aromatic rings. The van der Waals surface area contributed by atoms with Gasteiger partial charge in [0.25, 0.3) is 0 Å². The largest absolute Gasteiger partial charge is 0.474 e. The van der Waals surface area contributed by atoms with Crippen molar-refractivity contribution in [3.8, 4) is 5.88 Å². The predicted molar refractivity (Wildman–Crippen MR) is 69.5 cm³/mol. The highest BCUT2D eigenvalue weighted by atomic mass is 35.5. The van der Waals surface area contributed by atoms with Crippen LogP contribution in [0.3, 0.4) is 0 Å². The summed E-state index contributed by atoms with van der Waals surface area (Å²) < 4.78 is 5.76. The number of hydrogen-bond donors (Lipinski definition) is 1. The summed E-state index contributed by atoms with van der Waals surface area (Å²) in [5.41, 5.74) is 0.859. The monoisotopic (exact) mass is 254 g/mol. The van der Waals surface area contributed by atoms with Crippen LogP contribution < -0.4 is 10.1 Å². The summed E-state index contributed by atoms with van der Waals surface area (Å²) in [6.07, 6.45) is 3.91. The first-order valence-electron chi connectivity index (χ1n) is 6.20. The van der Waals surface area contributed by atoms with Gasteiger partial charge in [-0.15, -0.1) is 0 Å². The second kappa shape index (κ2) is 5.69. The molecule has 1 fully saturated rings. The van der Waals surface area contributed by atoms with Gasteiger partial charge in [-0.3, -0.25) is 0 Å². The van der Waals surface area contributed by atoms with Gasteiger partial charge in [0, 0.05) is 18.7 Å². The normalized spacial score (nSPS) is 16.0. The molecule has 3 nitrogen and oxygen atoms in total. The van der Waals surface area contributed by atoms with Crippen molar-refractivity contribution in [2.45, 2.75) is 51.8 Å². The van der Waals surface area contributed by atoms with Crippen LogP contribution in [0.2, 0.25) is 5.02 Å². The van der Waals surface area contributed by atoms with E-state index in [0.717, 1.165) is 18.5 Å². The van der Waals surface area contributed by atoms with Crippen molar-refractivity contribution in [1.29, 1.82) is 0 Å². The Morgan fingerprint density at radius 1 is 1.47 bits per heavy atom. The van der Waals surface area contributed by atoms with E-state index in [1.807, 2.05) is 12.1 Å². The van der Waals surface area contributed by atoms with Crippen LogP contribution >= 0.6 is 11.6 Å². The molecule has 0 aliphatic heterocycles. The number of ether oxygens (including phenoxy) is 1. The quantitative estimate of drug-likeness (QED) is 0.877. The summed E-state index contributed by atoms with van der Waals surface area (Å²) >= 11 is 6.11. The molecule has 0 amide bonds. The average Bonchev–Trinajstić information content (AvgIpc) is 2.23. The van der Waals surface area contributed by atoms with E-state index in [9.17, 15) is 0 Å². The topological polar surface area (TPSA) is 34.2 Å². The highest BCUT2D eigenvalue weighted by Gasteiger charge is 2.19. The molecular weight excluding hydrogens is 236 g/mol. The Morgan fingerprint density at radius 2 is 2.24 bits per heavy atom. The molecule has 0 spiro atoms. The number of hydrogen-bond acceptors (Lipinski definition) is 3. The van der Waals surface area contributed by atoms with Crippen molar-refractivity contribution in [3.05, 3.63) is 22.8 Å². The molecule has 0 atom stereocenters. The van der Waals surface area contributed by atoms with Gasteiger partial charge in [0.1, 0.15) is 6.10 Å². The summed E-state index contributed by atoms with van der Waals surface area (Å²) in [6.45, 7) is 4.88. The molecule has 0 radical (unpaired) electrons. The fourth-order valence-electron chi connectivity index (χ4n) is 1.61. The number of nitrogens with one attached hydrogen (secondary N) is 1. The fourth-order valence-corrected chi connectivity index (χ4v) is 1.79. The summed E-state index contributed by atoms with van der Waals surface area (Å²) in [5.74, 6) is 0.694. The first-order valence-corrected chi connectivity index (χ1v) is 6.58. The van der Waals surface area contributed by atoms with Crippen LogP contribution in [-0.4, -0.2) is 17.1 Å². The Hall–Kier alpha value is -0.800. The van der Waals surface area contributed by atoms with Crippen LogP contribution in [0, 0.1) is 0 Å². The molecular formula is C13H19ClN2O. The number of halogens is 1. The highest BCUT2D eigenvalue weighted by molar-refractivity contribution is 6.31. The molecule has 0 saturated heterocycles. The van der Waals surface area contributed by atoms with Crippen LogP contribution in [0.25, 0.3) is 0 Å². The van der Waals surface area contributed by atoms with Crippen molar-refractivity contribution in [2.24, 2.45) is 0 Å². The maximum Gasteiger partial charge on any atom is 0.213 e. The van der Waals surface area contributed by atoms with Gasteiger partial charge in [-0.25, -0.2) is 4.98 Å². The molecule has 0 unspecified atom stereocenters. The molecule has 0 aromatic carbocycles. The van der Waals surface area contributed by atoms with Crippen LogP contribution in [0.5, 0.6) is 5.88 Å². The fraction of sp³-hybridized carbons (Fsp3) is 0.615. The number of rotatable bonds is 5.